The second-order valence-corrected chi connectivity index (χ2v) is 6.35. The Morgan fingerprint density at radius 3 is 2.22 bits per heavy atom. The molecule has 1 amide bonds. The highest BCUT2D eigenvalue weighted by molar-refractivity contribution is 5.79. The molecule has 0 radical (unpaired) electrons. The Balaban J connectivity index is 2.62. The third-order valence-corrected chi connectivity index (χ3v) is 3.37. The molecule has 0 aliphatic heterocycles. The Morgan fingerprint density at radius 2 is 1.74 bits per heavy atom. The van der Waals surface area contributed by atoms with Crippen molar-refractivity contribution < 1.29 is 19.4 Å². The molecule has 0 aliphatic carbocycles. The Morgan fingerprint density at radius 1 is 1.13 bits per heavy atom. The Kier molecular flexibility index (Phi) is 7.59. The zero-order chi connectivity index (χ0) is 17.4. The van der Waals surface area contributed by atoms with Crippen LogP contribution in [0.5, 0.6) is 5.75 Å². The van der Waals surface area contributed by atoms with Gasteiger partial charge in [0.25, 0.3) is 0 Å². The number of nitrogens with zero attached hydrogens (tertiary/aromatic N) is 1. The zero-order valence-corrected chi connectivity index (χ0v) is 14.4. The van der Waals surface area contributed by atoms with Crippen molar-refractivity contribution in [2.24, 2.45) is 5.92 Å². The van der Waals surface area contributed by atoms with Crippen LogP contribution in [0.15, 0.2) is 24.3 Å². The molecule has 23 heavy (non-hydrogen) atoms. The smallest absolute Gasteiger partial charge is 0.305 e. The van der Waals surface area contributed by atoms with Gasteiger partial charge in [0, 0.05) is 12.6 Å². The number of aliphatic carboxylic acids is 1. The van der Waals surface area contributed by atoms with E-state index in [0.29, 0.717) is 12.5 Å². The number of benzene rings is 1. The van der Waals surface area contributed by atoms with Crippen LogP contribution in [0.3, 0.4) is 0 Å². The first-order valence-corrected chi connectivity index (χ1v) is 8.02. The zero-order valence-electron chi connectivity index (χ0n) is 14.4. The first-order valence-electron chi connectivity index (χ1n) is 8.02. The van der Waals surface area contributed by atoms with Crippen LogP contribution in [0.4, 0.5) is 0 Å². The molecule has 0 atom stereocenters. The van der Waals surface area contributed by atoms with E-state index in [1.54, 1.807) is 4.90 Å². The monoisotopic (exact) mass is 321 g/mol. The number of carbonyl (C=O) groups is 2. The summed E-state index contributed by atoms with van der Waals surface area (Å²) in [6.45, 7) is 8.86. The Labute approximate surface area is 138 Å². The molecule has 1 N–H and O–H groups in total. The molecule has 1 aromatic carbocycles. The molecule has 0 heterocycles. The van der Waals surface area contributed by atoms with Crippen molar-refractivity contribution in [3.8, 4) is 5.75 Å². The number of rotatable bonds is 9. The average Bonchev–Trinajstić information content (AvgIpc) is 2.46. The highest BCUT2D eigenvalue weighted by Crippen LogP contribution is 2.15. The molecule has 1 rings (SSSR count). The Bertz CT molecular complexity index is 508. The molecule has 5 heteroatoms. The molecule has 0 fully saturated rings. The first-order chi connectivity index (χ1) is 10.8. The molecule has 0 spiro atoms. The number of amides is 1. The van der Waals surface area contributed by atoms with E-state index < -0.39 is 5.97 Å². The van der Waals surface area contributed by atoms with E-state index in [1.807, 2.05) is 38.1 Å². The van der Waals surface area contributed by atoms with Crippen LogP contribution < -0.4 is 4.74 Å². The SMILES string of the molecule is CC(C)COc1ccc(CC(=O)N(CCC(=O)O)C(C)C)cc1. The van der Waals surface area contributed by atoms with Gasteiger partial charge in [-0.05, 0) is 37.5 Å². The summed E-state index contributed by atoms with van der Waals surface area (Å²) in [5, 5.41) is 8.78. The summed E-state index contributed by atoms with van der Waals surface area (Å²) in [6, 6.07) is 7.46. The quantitative estimate of drug-likeness (QED) is 0.759. The van der Waals surface area contributed by atoms with Gasteiger partial charge in [0.05, 0.1) is 19.4 Å². The summed E-state index contributed by atoms with van der Waals surface area (Å²) in [7, 11) is 0. The van der Waals surface area contributed by atoms with Crippen molar-refractivity contribution in [3.63, 3.8) is 0 Å². The largest absolute Gasteiger partial charge is 0.493 e. The molecular weight excluding hydrogens is 294 g/mol. The lowest BCUT2D eigenvalue weighted by molar-refractivity contribution is -0.139. The molecule has 0 unspecified atom stereocenters. The van der Waals surface area contributed by atoms with Gasteiger partial charge in [-0.1, -0.05) is 26.0 Å². The third-order valence-electron chi connectivity index (χ3n) is 3.37. The van der Waals surface area contributed by atoms with Gasteiger partial charge in [-0.2, -0.15) is 0 Å². The number of carbonyl (C=O) groups excluding carboxylic acids is 1. The number of hydrogen-bond donors (Lipinski definition) is 1. The minimum atomic E-state index is -0.893. The maximum atomic E-state index is 12.4. The van der Waals surface area contributed by atoms with Crippen molar-refractivity contribution in [1.82, 2.24) is 4.90 Å². The molecule has 5 nitrogen and oxygen atoms in total. The van der Waals surface area contributed by atoms with E-state index in [4.69, 9.17) is 9.84 Å². The predicted molar refractivity (Wildman–Crippen MR) is 89.6 cm³/mol. The van der Waals surface area contributed by atoms with Gasteiger partial charge < -0.3 is 14.7 Å². The van der Waals surface area contributed by atoms with Gasteiger partial charge in [-0.25, -0.2) is 0 Å². The van der Waals surface area contributed by atoms with Crippen LogP contribution >= 0.6 is 0 Å². The topological polar surface area (TPSA) is 66.8 Å². The first kappa shape index (κ1) is 19.0. The van der Waals surface area contributed by atoms with Crippen LogP contribution in [-0.2, 0) is 16.0 Å². The standard InChI is InChI=1S/C18H27NO4/c1-13(2)12-23-16-7-5-15(6-8-16)11-17(20)19(14(3)4)10-9-18(21)22/h5-8,13-14H,9-12H2,1-4H3,(H,21,22). The summed E-state index contributed by atoms with van der Waals surface area (Å²) < 4.78 is 5.62. The molecule has 0 saturated carbocycles. The second kappa shape index (κ2) is 9.18. The van der Waals surface area contributed by atoms with Crippen LogP contribution in [0.1, 0.15) is 39.7 Å². The fourth-order valence-corrected chi connectivity index (χ4v) is 2.13. The van der Waals surface area contributed by atoms with Crippen LogP contribution in [0.25, 0.3) is 0 Å². The van der Waals surface area contributed by atoms with E-state index in [2.05, 4.69) is 13.8 Å². The second-order valence-electron chi connectivity index (χ2n) is 6.35. The molecular formula is C18H27NO4. The van der Waals surface area contributed by atoms with Gasteiger partial charge in [-0.15, -0.1) is 0 Å². The van der Waals surface area contributed by atoms with Gasteiger partial charge in [0.2, 0.25) is 5.91 Å². The van der Waals surface area contributed by atoms with E-state index in [0.717, 1.165) is 11.3 Å². The van der Waals surface area contributed by atoms with Crippen LogP contribution in [-0.4, -0.2) is 41.1 Å². The van der Waals surface area contributed by atoms with Crippen molar-refractivity contribution in [2.75, 3.05) is 13.2 Å². The molecule has 0 bridgehead atoms. The van der Waals surface area contributed by atoms with E-state index in [1.165, 1.54) is 0 Å². The molecule has 128 valence electrons. The minimum absolute atomic E-state index is 0.0181. The van der Waals surface area contributed by atoms with Crippen molar-refractivity contribution in [3.05, 3.63) is 29.8 Å². The normalized spacial score (nSPS) is 10.9. The van der Waals surface area contributed by atoms with Crippen LogP contribution in [0.2, 0.25) is 0 Å². The molecule has 0 aliphatic rings. The highest BCUT2D eigenvalue weighted by Gasteiger charge is 2.18. The van der Waals surface area contributed by atoms with Crippen molar-refractivity contribution >= 4 is 11.9 Å². The highest BCUT2D eigenvalue weighted by atomic mass is 16.5. The van der Waals surface area contributed by atoms with Gasteiger partial charge in [0.15, 0.2) is 0 Å². The maximum absolute atomic E-state index is 12.4. The average molecular weight is 321 g/mol. The lowest BCUT2D eigenvalue weighted by atomic mass is 10.1. The summed E-state index contributed by atoms with van der Waals surface area (Å²) in [5.74, 6) is 0.304. The van der Waals surface area contributed by atoms with Crippen LogP contribution in [0, 0.1) is 5.92 Å². The third kappa shape index (κ3) is 7.17. The number of carboxylic acids is 1. The van der Waals surface area contributed by atoms with E-state index in [9.17, 15) is 9.59 Å². The predicted octanol–water partition coefficient (Wildman–Crippen LogP) is 2.98. The van der Waals surface area contributed by atoms with Crippen molar-refractivity contribution in [2.45, 2.75) is 46.6 Å². The fraction of sp³-hybridized carbons (Fsp3) is 0.556. The van der Waals surface area contributed by atoms with Gasteiger partial charge in [0.1, 0.15) is 5.75 Å². The Hall–Kier alpha value is -2.04. The minimum Gasteiger partial charge on any atom is -0.493 e. The number of ether oxygens (including phenoxy) is 1. The van der Waals surface area contributed by atoms with Gasteiger partial charge >= 0.3 is 5.97 Å². The summed E-state index contributed by atoms with van der Waals surface area (Å²) in [5.41, 5.74) is 0.896. The number of hydrogen-bond acceptors (Lipinski definition) is 3. The molecule has 0 saturated heterocycles. The maximum Gasteiger partial charge on any atom is 0.305 e. The van der Waals surface area contributed by atoms with E-state index >= 15 is 0 Å². The number of carboxylic acid groups (broad SMARTS) is 1. The lowest BCUT2D eigenvalue weighted by Gasteiger charge is -2.26. The molecule has 0 aromatic heterocycles. The summed E-state index contributed by atoms with van der Waals surface area (Å²) >= 11 is 0. The van der Waals surface area contributed by atoms with E-state index in [-0.39, 0.29) is 31.3 Å². The fourth-order valence-electron chi connectivity index (χ4n) is 2.13. The van der Waals surface area contributed by atoms with Crippen molar-refractivity contribution in [1.29, 1.82) is 0 Å². The summed E-state index contributed by atoms with van der Waals surface area (Å²) in [6.07, 6.45) is 0.230. The lowest BCUT2D eigenvalue weighted by Crippen LogP contribution is -2.39. The summed E-state index contributed by atoms with van der Waals surface area (Å²) in [4.78, 5) is 24.7. The van der Waals surface area contributed by atoms with Gasteiger partial charge in [-0.3, -0.25) is 9.59 Å². The molecule has 1 aromatic rings.